The molecule has 2 aromatic heterocycles. The van der Waals surface area contributed by atoms with Gasteiger partial charge in [0, 0.05) is 11.1 Å². The van der Waals surface area contributed by atoms with E-state index < -0.39 is 24.1 Å². The molecule has 0 fully saturated rings. The van der Waals surface area contributed by atoms with Gasteiger partial charge in [-0.05, 0) is 32.9 Å². The molecule has 0 saturated heterocycles. The number of amides is 1. The maximum Gasteiger partial charge on any atom is 0.339 e. The normalized spacial score (nSPS) is 16.3. The average Bonchev–Trinajstić information content (AvgIpc) is 3.31. The fourth-order valence-corrected chi connectivity index (χ4v) is 4.68. The third-order valence-corrected chi connectivity index (χ3v) is 6.03. The van der Waals surface area contributed by atoms with E-state index in [4.69, 9.17) is 5.73 Å². The number of benzene rings is 1. The minimum atomic E-state index is -1.12. The first kappa shape index (κ1) is 18.5. The second kappa shape index (κ2) is 7.25. The molecule has 4 N–H and O–H groups in total. The zero-order chi connectivity index (χ0) is 19.8. The number of rotatable bonds is 5. The Balaban J connectivity index is 1.97. The van der Waals surface area contributed by atoms with Crippen LogP contribution < -0.4 is 16.0 Å². The summed E-state index contributed by atoms with van der Waals surface area (Å²) in [6.45, 7) is 0. The Morgan fingerprint density at radius 3 is 2.61 bits per heavy atom. The van der Waals surface area contributed by atoms with Crippen LogP contribution in [0, 0.1) is 0 Å². The van der Waals surface area contributed by atoms with Gasteiger partial charge >= 0.3 is 5.97 Å². The Morgan fingerprint density at radius 1 is 1.25 bits per heavy atom. The number of hydrogen-bond donors (Lipinski definition) is 3. The summed E-state index contributed by atoms with van der Waals surface area (Å²) in [5.41, 5.74) is 7.00. The Kier molecular flexibility index (Phi) is 4.78. The molecule has 1 aromatic carbocycles. The Hall–Kier alpha value is -2.91. The van der Waals surface area contributed by atoms with Crippen LogP contribution in [-0.4, -0.2) is 22.0 Å². The lowest BCUT2D eigenvalue weighted by Crippen LogP contribution is -2.40. The minimum Gasteiger partial charge on any atom is -0.478 e. The van der Waals surface area contributed by atoms with E-state index in [-0.39, 0.29) is 5.56 Å². The number of nitrogens with zero attached hydrogens (tertiary/aromatic N) is 2. The molecule has 1 aliphatic heterocycles. The van der Waals surface area contributed by atoms with Gasteiger partial charge in [0.15, 0.2) is 5.82 Å². The van der Waals surface area contributed by atoms with Crippen LogP contribution in [0.25, 0.3) is 0 Å². The van der Waals surface area contributed by atoms with E-state index in [2.05, 4.69) is 26.2 Å². The lowest BCUT2D eigenvalue weighted by molar-refractivity contribution is -0.119. The highest BCUT2D eigenvalue weighted by Gasteiger charge is 2.42. The van der Waals surface area contributed by atoms with E-state index in [1.165, 1.54) is 17.5 Å². The SMILES string of the molecule is NC(=O)C(c1cccs1)N1c2c(ncc(Br)c2C(=O)O)NC1c1ccccc1. The Morgan fingerprint density at radius 2 is 2.00 bits per heavy atom. The third kappa shape index (κ3) is 3.02. The summed E-state index contributed by atoms with van der Waals surface area (Å²) in [7, 11) is 0. The molecule has 0 bridgehead atoms. The summed E-state index contributed by atoms with van der Waals surface area (Å²) in [5, 5.41) is 14.9. The number of carboxylic acid groups (broad SMARTS) is 1. The maximum absolute atomic E-state index is 12.5. The van der Waals surface area contributed by atoms with Crippen molar-refractivity contribution in [2.24, 2.45) is 5.73 Å². The molecular weight excluding hydrogens is 444 g/mol. The molecular formula is C19H15BrN4O3S. The van der Waals surface area contributed by atoms with Crippen molar-refractivity contribution in [2.45, 2.75) is 12.2 Å². The first-order valence-electron chi connectivity index (χ1n) is 8.33. The van der Waals surface area contributed by atoms with Crippen molar-refractivity contribution in [3.8, 4) is 0 Å². The molecule has 0 radical (unpaired) electrons. The number of aromatic carboxylic acids is 1. The van der Waals surface area contributed by atoms with Gasteiger partial charge in [0.2, 0.25) is 5.91 Å². The fourth-order valence-electron chi connectivity index (χ4n) is 3.39. The number of pyridine rings is 1. The molecule has 0 spiro atoms. The van der Waals surface area contributed by atoms with Gasteiger partial charge in [-0.15, -0.1) is 11.3 Å². The minimum absolute atomic E-state index is 0.0266. The summed E-state index contributed by atoms with van der Waals surface area (Å²) in [5.74, 6) is -1.31. The van der Waals surface area contributed by atoms with E-state index in [1.54, 1.807) is 4.90 Å². The van der Waals surface area contributed by atoms with Gasteiger partial charge < -0.3 is 21.1 Å². The predicted molar refractivity (Wildman–Crippen MR) is 110 cm³/mol. The van der Waals surface area contributed by atoms with Crippen LogP contribution in [0.15, 0.2) is 58.5 Å². The Bertz CT molecular complexity index is 1040. The van der Waals surface area contributed by atoms with Crippen molar-refractivity contribution >= 4 is 50.6 Å². The highest BCUT2D eigenvalue weighted by molar-refractivity contribution is 9.10. The van der Waals surface area contributed by atoms with E-state index in [0.717, 1.165) is 10.4 Å². The number of fused-ring (bicyclic) bond motifs is 1. The van der Waals surface area contributed by atoms with Crippen LogP contribution in [0.2, 0.25) is 0 Å². The van der Waals surface area contributed by atoms with Crippen LogP contribution >= 0.6 is 27.3 Å². The smallest absolute Gasteiger partial charge is 0.339 e. The average molecular weight is 459 g/mol. The molecule has 1 amide bonds. The molecule has 0 saturated carbocycles. The van der Waals surface area contributed by atoms with Crippen molar-refractivity contribution in [2.75, 3.05) is 10.2 Å². The topological polar surface area (TPSA) is 109 Å². The van der Waals surface area contributed by atoms with Gasteiger partial charge in [-0.2, -0.15) is 0 Å². The number of nitrogens with one attached hydrogen (secondary N) is 1. The molecule has 0 aliphatic carbocycles. The first-order valence-corrected chi connectivity index (χ1v) is 10.0. The molecule has 2 atom stereocenters. The van der Waals surface area contributed by atoms with Crippen LogP contribution in [0.5, 0.6) is 0 Å². The van der Waals surface area contributed by atoms with Crippen LogP contribution in [0.3, 0.4) is 0 Å². The van der Waals surface area contributed by atoms with Gasteiger partial charge in [0.05, 0.1) is 10.2 Å². The second-order valence-corrected chi connectivity index (χ2v) is 8.00. The maximum atomic E-state index is 12.5. The van der Waals surface area contributed by atoms with Crippen LogP contribution in [0.1, 0.15) is 33.0 Å². The molecule has 3 aromatic rings. The summed E-state index contributed by atoms with van der Waals surface area (Å²) >= 11 is 4.66. The van der Waals surface area contributed by atoms with Crippen molar-refractivity contribution in [3.63, 3.8) is 0 Å². The largest absolute Gasteiger partial charge is 0.478 e. The molecule has 9 heteroatoms. The molecule has 7 nitrogen and oxygen atoms in total. The number of aromatic nitrogens is 1. The highest BCUT2D eigenvalue weighted by atomic mass is 79.9. The predicted octanol–water partition coefficient (Wildman–Crippen LogP) is 3.76. The number of primary amides is 1. The van der Waals surface area contributed by atoms with Gasteiger partial charge in [0.1, 0.15) is 17.8 Å². The van der Waals surface area contributed by atoms with E-state index >= 15 is 0 Å². The number of carbonyl (C=O) groups excluding carboxylic acids is 1. The first-order chi connectivity index (χ1) is 13.5. The molecule has 1 aliphatic rings. The van der Waals surface area contributed by atoms with Crippen molar-refractivity contribution < 1.29 is 14.7 Å². The van der Waals surface area contributed by atoms with Gasteiger partial charge in [-0.3, -0.25) is 4.79 Å². The molecule has 3 heterocycles. The van der Waals surface area contributed by atoms with E-state index in [9.17, 15) is 14.7 Å². The van der Waals surface area contributed by atoms with E-state index in [1.807, 2.05) is 47.8 Å². The van der Waals surface area contributed by atoms with Gasteiger partial charge in [0.25, 0.3) is 0 Å². The zero-order valence-corrected chi connectivity index (χ0v) is 16.8. The Labute approximate surface area is 172 Å². The van der Waals surface area contributed by atoms with Crippen molar-refractivity contribution in [1.82, 2.24) is 4.98 Å². The monoisotopic (exact) mass is 458 g/mol. The summed E-state index contributed by atoms with van der Waals surface area (Å²) in [6, 6.07) is 12.2. The lowest BCUT2D eigenvalue weighted by atomic mass is 10.1. The molecule has 2 unspecified atom stereocenters. The second-order valence-electron chi connectivity index (χ2n) is 6.17. The number of hydrogen-bond acceptors (Lipinski definition) is 6. The summed E-state index contributed by atoms with van der Waals surface area (Å²) < 4.78 is 0.327. The summed E-state index contributed by atoms with van der Waals surface area (Å²) in [4.78, 5) is 31.3. The number of carboxylic acids is 1. The van der Waals surface area contributed by atoms with Gasteiger partial charge in [-0.25, -0.2) is 9.78 Å². The lowest BCUT2D eigenvalue weighted by Gasteiger charge is -2.33. The quantitative estimate of drug-likeness (QED) is 0.536. The van der Waals surface area contributed by atoms with Crippen LogP contribution in [-0.2, 0) is 4.79 Å². The number of thiophene rings is 1. The highest BCUT2D eigenvalue weighted by Crippen LogP contribution is 2.49. The molecule has 28 heavy (non-hydrogen) atoms. The third-order valence-electron chi connectivity index (χ3n) is 4.51. The number of halogens is 1. The zero-order valence-electron chi connectivity index (χ0n) is 14.4. The molecule has 142 valence electrons. The van der Waals surface area contributed by atoms with Gasteiger partial charge in [-0.1, -0.05) is 36.4 Å². The standard InChI is InChI=1S/C19H15BrN4O3S/c20-11-9-22-17-15(13(11)19(26)27)24(14(16(21)25)12-7-4-8-28-12)18(23-17)10-5-2-1-3-6-10/h1-9,14,18H,(H2,21,25)(H,22,23)(H,26,27). The van der Waals surface area contributed by atoms with Crippen LogP contribution in [0.4, 0.5) is 11.5 Å². The van der Waals surface area contributed by atoms with Crippen molar-refractivity contribution in [3.05, 3.63) is 74.5 Å². The number of anilines is 2. The number of carbonyl (C=O) groups is 2. The fraction of sp³-hybridized carbons (Fsp3) is 0.105. The van der Waals surface area contributed by atoms with E-state index in [0.29, 0.717) is 16.0 Å². The number of nitrogens with two attached hydrogens (primary N) is 1. The van der Waals surface area contributed by atoms with Crippen molar-refractivity contribution in [1.29, 1.82) is 0 Å². The molecule has 4 rings (SSSR count). The summed E-state index contributed by atoms with van der Waals surface area (Å²) in [6.07, 6.45) is 0.932.